The Labute approximate surface area is 191 Å². The summed E-state index contributed by atoms with van der Waals surface area (Å²) in [5.41, 5.74) is 4.28. The molecule has 0 spiro atoms. The predicted molar refractivity (Wildman–Crippen MR) is 126 cm³/mol. The van der Waals surface area contributed by atoms with Gasteiger partial charge in [0.2, 0.25) is 0 Å². The number of benzene rings is 3. The van der Waals surface area contributed by atoms with Crippen molar-refractivity contribution >= 4 is 16.8 Å². The second-order valence-electron chi connectivity index (χ2n) is 7.74. The van der Waals surface area contributed by atoms with Gasteiger partial charge in [-0.2, -0.15) is 0 Å². The number of amides is 1. The van der Waals surface area contributed by atoms with Crippen LogP contribution in [0.4, 0.5) is 0 Å². The van der Waals surface area contributed by atoms with Crippen LogP contribution in [0.25, 0.3) is 10.9 Å². The fourth-order valence-corrected chi connectivity index (χ4v) is 3.93. The first-order valence-corrected chi connectivity index (χ1v) is 10.7. The molecule has 3 aromatic carbocycles. The Morgan fingerprint density at radius 2 is 1.70 bits per heavy atom. The molecule has 2 heterocycles. The second kappa shape index (κ2) is 9.00. The molecule has 0 saturated carbocycles. The molecule has 0 unspecified atom stereocenters. The van der Waals surface area contributed by atoms with Gasteiger partial charge in [-0.15, -0.1) is 5.10 Å². The van der Waals surface area contributed by atoms with Gasteiger partial charge < -0.3 is 15.0 Å². The lowest BCUT2D eigenvalue weighted by Crippen LogP contribution is -2.23. The minimum Gasteiger partial charge on any atom is -0.497 e. The Balaban J connectivity index is 1.34. The minimum atomic E-state index is -0.280. The van der Waals surface area contributed by atoms with Crippen LogP contribution in [0.15, 0.2) is 91.1 Å². The molecular weight excluding hydrogens is 414 g/mol. The van der Waals surface area contributed by atoms with Gasteiger partial charge in [0.15, 0.2) is 5.69 Å². The van der Waals surface area contributed by atoms with Gasteiger partial charge in [0, 0.05) is 16.6 Å². The van der Waals surface area contributed by atoms with Gasteiger partial charge in [0.1, 0.15) is 11.8 Å². The van der Waals surface area contributed by atoms with E-state index in [4.69, 9.17) is 4.74 Å². The lowest BCUT2D eigenvalue weighted by molar-refractivity contribution is 0.0945. The molecule has 7 heteroatoms. The molecular formula is C26H23N5O2. The second-order valence-corrected chi connectivity index (χ2v) is 7.74. The van der Waals surface area contributed by atoms with E-state index in [-0.39, 0.29) is 17.6 Å². The molecule has 1 amide bonds. The van der Waals surface area contributed by atoms with Crippen LogP contribution in [-0.4, -0.2) is 33.0 Å². The fourth-order valence-electron chi connectivity index (χ4n) is 3.93. The van der Waals surface area contributed by atoms with Crippen molar-refractivity contribution in [3.63, 3.8) is 0 Å². The van der Waals surface area contributed by atoms with Crippen molar-refractivity contribution in [1.82, 2.24) is 25.3 Å². The van der Waals surface area contributed by atoms with Gasteiger partial charge in [0.25, 0.3) is 5.91 Å². The van der Waals surface area contributed by atoms with E-state index in [1.54, 1.807) is 18.0 Å². The number of hydrogen-bond acceptors (Lipinski definition) is 4. The normalized spacial score (nSPS) is 11.1. The fraction of sp³-hybridized carbons (Fsp3) is 0.115. The largest absolute Gasteiger partial charge is 0.497 e. The lowest BCUT2D eigenvalue weighted by atomic mass is 9.99. The van der Waals surface area contributed by atoms with Gasteiger partial charge in [-0.3, -0.25) is 4.79 Å². The van der Waals surface area contributed by atoms with Gasteiger partial charge in [0.05, 0.1) is 19.9 Å². The number of nitrogens with zero attached hydrogens (tertiary/aromatic N) is 3. The molecule has 5 rings (SSSR count). The van der Waals surface area contributed by atoms with Gasteiger partial charge >= 0.3 is 0 Å². The lowest BCUT2D eigenvalue weighted by Gasteiger charge is -2.17. The highest BCUT2D eigenvalue weighted by atomic mass is 16.5. The van der Waals surface area contributed by atoms with E-state index in [0.29, 0.717) is 6.54 Å². The molecule has 0 aliphatic heterocycles. The summed E-state index contributed by atoms with van der Waals surface area (Å²) >= 11 is 0. The first-order chi connectivity index (χ1) is 16.2. The van der Waals surface area contributed by atoms with Crippen molar-refractivity contribution in [3.05, 3.63) is 114 Å². The SMILES string of the molecule is COc1ccc2[nH]c(CNC(=O)c3cn(C(c4ccccc4)c4ccccc4)nn3)cc2c1. The Morgan fingerprint density at radius 1 is 1.00 bits per heavy atom. The van der Waals surface area contributed by atoms with E-state index in [1.807, 2.05) is 84.9 Å². The van der Waals surface area contributed by atoms with Crippen LogP contribution in [0, 0.1) is 0 Å². The zero-order chi connectivity index (χ0) is 22.6. The van der Waals surface area contributed by atoms with Gasteiger partial charge in [-0.1, -0.05) is 65.9 Å². The number of rotatable bonds is 7. The molecule has 164 valence electrons. The Bertz CT molecular complexity index is 1340. The number of aromatic nitrogens is 4. The van der Waals surface area contributed by atoms with Crippen LogP contribution in [0.5, 0.6) is 5.75 Å². The van der Waals surface area contributed by atoms with Gasteiger partial charge in [-0.05, 0) is 35.4 Å². The summed E-state index contributed by atoms with van der Waals surface area (Å²) in [5, 5.41) is 12.4. The molecule has 0 atom stereocenters. The molecule has 2 aromatic heterocycles. The maximum absolute atomic E-state index is 12.8. The number of nitrogens with one attached hydrogen (secondary N) is 2. The molecule has 0 fully saturated rings. The molecule has 33 heavy (non-hydrogen) atoms. The van der Waals surface area contributed by atoms with Crippen LogP contribution < -0.4 is 10.1 Å². The van der Waals surface area contributed by atoms with E-state index in [9.17, 15) is 4.79 Å². The minimum absolute atomic E-state index is 0.176. The van der Waals surface area contributed by atoms with E-state index in [0.717, 1.165) is 33.5 Å². The molecule has 7 nitrogen and oxygen atoms in total. The van der Waals surface area contributed by atoms with Crippen molar-refractivity contribution in [2.24, 2.45) is 0 Å². The first-order valence-electron chi connectivity index (χ1n) is 10.7. The maximum atomic E-state index is 12.8. The topological polar surface area (TPSA) is 84.8 Å². The molecule has 5 aromatic rings. The van der Waals surface area contributed by atoms with Crippen LogP contribution in [0.3, 0.4) is 0 Å². The summed E-state index contributed by atoms with van der Waals surface area (Å²) in [6.45, 7) is 0.351. The number of methoxy groups -OCH3 is 1. The molecule has 0 bridgehead atoms. The summed E-state index contributed by atoms with van der Waals surface area (Å²) in [6, 6.07) is 27.7. The Morgan fingerprint density at radius 3 is 2.36 bits per heavy atom. The van der Waals surface area contributed by atoms with Crippen molar-refractivity contribution in [2.75, 3.05) is 7.11 Å². The number of carbonyl (C=O) groups is 1. The van der Waals surface area contributed by atoms with Crippen LogP contribution in [-0.2, 0) is 6.54 Å². The number of fused-ring (bicyclic) bond motifs is 1. The third-order valence-electron chi connectivity index (χ3n) is 5.56. The standard InChI is InChI=1S/C26H23N5O2/c1-33-22-12-13-23-20(15-22)14-21(28-23)16-27-26(32)24-17-31(30-29-24)25(18-8-4-2-5-9-18)19-10-6-3-7-11-19/h2-15,17,25,28H,16H2,1H3,(H,27,32). The zero-order valence-electron chi connectivity index (χ0n) is 18.1. The summed E-state index contributed by atoms with van der Waals surface area (Å²) in [7, 11) is 1.64. The van der Waals surface area contributed by atoms with E-state index < -0.39 is 0 Å². The highest BCUT2D eigenvalue weighted by Crippen LogP contribution is 2.26. The van der Waals surface area contributed by atoms with Crippen molar-refractivity contribution in [3.8, 4) is 5.75 Å². The molecule has 0 aliphatic rings. The number of ether oxygens (including phenoxy) is 1. The number of hydrogen-bond donors (Lipinski definition) is 2. The first kappa shape index (κ1) is 20.5. The van der Waals surface area contributed by atoms with Crippen LogP contribution in [0.2, 0.25) is 0 Å². The van der Waals surface area contributed by atoms with Crippen molar-refractivity contribution in [1.29, 1.82) is 0 Å². The molecule has 0 aliphatic carbocycles. The van der Waals surface area contributed by atoms with Crippen LogP contribution >= 0.6 is 0 Å². The Kier molecular flexibility index (Phi) is 5.59. The van der Waals surface area contributed by atoms with E-state index in [2.05, 4.69) is 20.6 Å². The van der Waals surface area contributed by atoms with Crippen LogP contribution in [0.1, 0.15) is 33.4 Å². The zero-order valence-corrected chi connectivity index (χ0v) is 18.1. The average Bonchev–Trinajstić information content (AvgIpc) is 3.51. The Hall–Kier alpha value is -4.39. The average molecular weight is 438 g/mol. The van der Waals surface area contributed by atoms with E-state index >= 15 is 0 Å². The third-order valence-corrected chi connectivity index (χ3v) is 5.56. The smallest absolute Gasteiger partial charge is 0.273 e. The number of carbonyl (C=O) groups excluding carboxylic acids is 1. The summed E-state index contributed by atoms with van der Waals surface area (Å²) in [5.74, 6) is 0.512. The molecule has 0 radical (unpaired) electrons. The summed E-state index contributed by atoms with van der Waals surface area (Å²) in [4.78, 5) is 16.1. The molecule has 2 N–H and O–H groups in total. The monoisotopic (exact) mass is 437 g/mol. The van der Waals surface area contributed by atoms with E-state index in [1.165, 1.54) is 0 Å². The summed E-state index contributed by atoms with van der Waals surface area (Å²) in [6.07, 6.45) is 1.69. The van der Waals surface area contributed by atoms with Crippen molar-refractivity contribution < 1.29 is 9.53 Å². The predicted octanol–water partition coefficient (Wildman–Crippen LogP) is 4.34. The number of H-pyrrole nitrogens is 1. The highest BCUT2D eigenvalue weighted by Gasteiger charge is 2.20. The quantitative estimate of drug-likeness (QED) is 0.397. The maximum Gasteiger partial charge on any atom is 0.273 e. The van der Waals surface area contributed by atoms with Gasteiger partial charge in [-0.25, -0.2) is 4.68 Å². The highest BCUT2D eigenvalue weighted by molar-refractivity contribution is 5.92. The molecule has 0 saturated heterocycles. The number of aromatic amines is 1. The third kappa shape index (κ3) is 4.34. The summed E-state index contributed by atoms with van der Waals surface area (Å²) < 4.78 is 7.00. The van der Waals surface area contributed by atoms with Crippen molar-refractivity contribution in [2.45, 2.75) is 12.6 Å².